The van der Waals surface area contributed by atoms with Crippen molar-refractivity contribution in [2.75, 3.05) is 0 Å². The van der Waals surface area contributed by atoms with Gasteiger partial charge in [0.25, 0.3) is 0 Å². The van der Waals surface area contributed by atoms with E-state index in [1.54, 1.807) is 0 Å². The van der Waals surface area contributed by atoms with E-state index in [0.717, 1.165) is 0 Å². The van der Waals surface area contributed by atoms with Crippen LogP contribution >= 0.6 is 31.9 Å². The van der Waals surface area contributed by atoms with Gasteiger partial charge in [-0.05, 0) is 18.3 Å². The normalized spacial score (nSPS) is 41.3. The van der Waals surface area contributed by atoms with Crippen LogP contribution in [0.3, 0.4) is 0 Å². The van der Waals surface area contributed by atoms with Crippen molar-refractivity contribution in [3.05, 3.63) is 0 Å². The van der Waals surface area contributed by atoms with E-state index in [9.17, 15) is 0 Å². The van der Waals surface area contributed by atoms with E-state index in [0.29, 0.717) is 15.1 Å². The van der Waals surface area contributed by atoms with Gasteiger partial charge >= 0.3 is 0 Å². The largest absolute Gasteiger partial charge is 0.0878 e. The fourth-order valence-corrected chi connectivity index (χ4v) is 3.52. The first kappa shape index (κ1) is 8.06. The summed E-state index contributed by atoms with van der Waals surface area (Å²) >= 11 is 7.26. The molecular formula is C7H12Br2. The minimum atomic E-state index is 0.544. The molecule has 0 radical (unpaired) electrons. The van der Waals surface area contributed by atoms with Gasteiger partial charge in [0.1, 0.15) is 0 Å². The van der Waals surface area contributed by atoms with Gasteiger partial charge in [0.15, 0.2) is 0 Å². The SMILES string of the molecule is CC1(C)CC(Br)C(Br)C1. The first-order chi connectivity index (χ1) is 4.01. The van der Waals surface area contributed by atoms with Gasteiger partial charge in [0, 0.05) is 9.65 Å². The van der Waals surface area contributed by atoms with Gasteiger partial charge in [-0.1, -0.05) is 45.7 Å². The summed E-state index contributed by atoms with van der Waals surface area (Å²) in [4.78, 5) is 1.37. The van der Waals surface area contributed by atoms with Gasteiger partial charge in [-0.3, -0.25) is 0 Å². The van der Waals surface area contributed by atoms with Gasteiger partial charge in [-0.2, -0.15) is 0 Å². The number of alkyl halides is 2. The molecule has 1 rings (SSSR count). The third-order valence-electron chi connectivity index (χ3n) is 1.89. The summed E-state index contributed by atoms with van der Waals surface area (Å²) in [6.45, 7) is 4.64. The van der Waals surface area contributed by atoms with Crippen LogP contribution in [0.15, 0.2) is 0 Å². The van der Waals surface area contributed by atoms with Crippen LogP contribution in [0.5, 0.6) is 0 Å². The molecule has 0 amide bonds. The zero-order valence-corrected chi connectivity index (χ0v) is 9.00. The Morgan fingerprint density at radius 1 is 1.11 bits per heavy atom. The van der Waals surface area contributed by atoms with Gasteiger partial charge in [0.05, 0.1) is 0 Å². The molecule has 0 spiro atoms. The zero-order chi connectivity index (χ0) is 7.07. The van der Waals surface area contributed by atoms with Crippen LogP contribution in [0.1, 0.15) is 26.7 Å². The average molecular weight is 256 g/mol. The third-order valence-corrected chi connectivity index (χ3v) is 4.52. The molecule has 0 N–H and O–H groups in total. The number of rotatable bonds is 0. The molecule has 1 aliphatic rings. The molecule has 0 saturated heterocycles. The molecule has 2 heteroatoms. The summed E-state index contributed by atoms with van der Waals surface area (Å²) in [7, 11) is 0. The Hall–Kier alpha value is 0.960. The maximum absolute atomic E-state index is 3.63. The van der Waals surface area contributed by atoms with E-state index in [1.165, 1.54) is 12.8 Å². The minimum Gasteiger partial charge on any atom is -0.0878 e. The molecule has 1 fully saturated rings. The first-order valence-electron chi connectivity index (χ1n) is 3.29. The van der Waals surface area contributed by atoms with Crippen LogP contribution in [-0.2, 0) is 0 Å². The predicted octanol–water partition coefficient (Wildman–Crippen LogP) is 3.33. The molecule has 2 unspecified atom stereocenters. The smallest absolute Gasteiger partial charge is 0.0276 e. The van der Waals surface area contributed by atoms with E-state index >= 15 is 0 Å². The van der Waals surface area contributed by atoms with Crippen molar-refractivity contribution in [1.82, 2.24) is 0 Å². The van der Waals surface area contributed by atoms with Crippen molar-refractivity contribution in [1.29, 1.82) is 0 Å². The third kappa shape index (κ3) is 1.94. The monoisotopic (exact) mass is 254 g/mol. The van der Waals surface area contributed by atoms with Crippen LogP contribution in [-0.4, -0.2) is 9.65 Å². The Morgan fingerprint density at radius 2 is 1.44 bits per heavy atom. The lowest BCUT2D eigenvalue weighted by atomic mass is 9.92. The van der Waals surface area contributed by atoms with Gasteiger partial charge in [-0.15, -0.1) is 0 Å². The molecule has 0 aromatic carbocycles. The highest BCUT2D eigenvalue weighted by atomic mass is 79.9. The van der Waals surface area contributed by atoms with Crippen LogP contribution < -0.4 is 0 Å². The summed E-state index contributed by atoms with van der Waals surface area (Å²) in [6, 6.07) is 0. The lowest BCUT2D eigenvalue weighted by Gasteiger charge is -2.14. The summed E-state index contributed by atoms with van der Waals surface area (Å²) in [5.74, 6) is 0. The summed E-state index contributed by atoms with van der Waals surface area (Å²) in [6.07, 6.45) is 2.59. The Kier molecular flexibility index (Phi) is 2.27. The topological polar surface area (TPSA) is 0 Å². The maximum atomic E-state index is 3.63. The maximum Gasteiger partial charge on any atom is 0.0276 e. The van der Waals surface area contributed by atoms with E-state index in [1.807, 2.05) is 0 Å². The molecule has 1 aliphatic carbocycles. The van der Waals surface area contributed by atoms with Crippen LogP contribution in [0.2, 0.25) is 0 Å². The Morgan fingerprint density at radius 3 is 1.56 bits per heavy atom. The molecule has 0 heterocycles. The van der Waals surface area contributed by atoms with Gasteiger partial charge in [-0.25, -0.2) is 0 Å². The van der Waals surface area contributed by atoms with Crippen molar-refractivity contribution >= 4 is 31.9 Å². The number of hydrogen-bond acceptors (Lipinski definition) is 0. The minimum absolute atomic E-state index is 0.544. The summed E-state index contributed by atoms with van der Waals surface area (Å²) in [5, 5.41) is 0. The summed E-state index contributed by atoms with van der Waals surface area (Å²) in [5.41, 5.74) is 0.544. The van der Waals surface area contributed by atoms with Crippen molar-refractivity contribution in [2.45, 2.75) is 36.3 Å². The molecule has 1 saturated carbocycles. The Bertz CT molecular complexity index is 97.5. The second-order valence-electron chi connectivity index (χ2n) is 3.60. The van der Waals surface area contributed by atoms with Crippen molar-refractivity contribution in [3.8, 4) is 0 Å². The lowest BCUT2D eigenvalue weighted by Crippen LogP contribution is -2.04. The quantitative estimate of drug-likeness (QED) is 0.583. The highest BCUT2D eigenvalue weighted by molar-refractivity contribution is 9.12. The predicted molar refractivity (Wildman–Crippen MR) is 48.4 cm³/mol. The summed E-state index contributed by atoms with van der Waals surface area (Å²) < 4.78 is 0. The standard InChI is InChI=1S/C7H12Br2/c1-7(2)3-5(8)6(9)4-7/h5-6H,3-4H2,1-2H3. The van der Waals surface area contributed by atoms with E-state index in [4.69, 9.17) is 0 Å². The average Bonchev–Trinajstić information content (AvgIpc) is 1.79. The van der Waals surface area contributed by atoms with E-state index in [2.05, 4.69) is 45.7 Å². The zero-order valence-electron chi connectivity index (χ0n) is 5.82. The molecule has 0 bridgehead atoms. The molecule has 0 aromatic heterocycles. The van der Waals surface area contributed by atoms with Crippen molar-refractivity contribution in [2.24, 2.45) is 5.41 Å². The van der Waals surface area contributed by atoms with E-state index < -0.39 is 0 Å². The van der Waals surface area contributed by atoms with Gasteiger partial charge in [0.2, 0.25) is 0 Å². The Balaban J connectivity index is 2.54. The molecule has 0 nitrogen and oxygen atoms in total. The second-order valence-corrected chi connectivity index (χ2v) is 5.96. The van der Waals surface area contributed by atoms with Crippen LogP contribution in [0, 0.1) is 5.41 Å². The van der Waals surface area contributed by atoms with Crippen molar-refractivity contribution < 1.29 is 0 Å². The molecule has 54 valence electrons. The van der Waals surface area contributed by atoms with Gasteiger partial charge < -0.3 is 0 Å². The molecule has 9 heavy (non-hydrogen) atoms. The fraction of sp³-hybridized carbons (Fsp3) is 1.00. The highest BCUT2D eigenvalue weighted by Gasteiger charge is 2.35. The first-order valence-corrected chi connectivity index (χ1v) is 5.12. The fourth-order valence-electron chi connectivity index (χ4n) is 1.39. The second kappa shape index (κ2) is 2.54. The van der Waals surface area contributed by atoms with Crippen LogP contribution in [0.25, 0.3) is 0 Å². The number of hydrogen-bond donors (Lipinski definition) is 0. The number of halogens is 2. The van der Waals surface area contributed by atoms with Crippen LogP contribution in [0.4, 0.5) is 0 Å². The molecule has 2 atom stereocenters. The van der Waals surface area contributed by atoms with E-state index in [-0.39, 0.29) is 0 Å². The molecule has 0 aliphatic heterocycles. The highest BCUT2D eigenvalue weighted by Crippen LogP contribution is 2.43. The lowest BCUT2D eigenvalue weighted by molar-refractivity contribution is 0.385. The Labute approximate surface area is 73.7 Å². The van der Waals surface area contributed by atoms with Crippen molar-refractivity contribution in [3.63, 3.8) is 0 Å². The molecular weight excluding hydrogens is 244 g/mol. The molecule has 0 aromatic rings.